The molecule has 2 rings (SSSR count). The zero-order valence-corrected chi connectivity index (χ0v) is 11.7. The van der Waals surface area contributed by atoms with Crippen molar-refractivity contribution in [1.29, 1.82) is 0 Å². The van der Waals surface area contributed by atoms with Gasteiger partial charge in [0.15, 0.2) is 0 Å². The predicted molar refractivity (Wildman–Crippen MR) is 75.3 cm³/mol. The van der Waals surface area contributed by atoms with Gasteiger partial charge in [-0.3, -0.25) is 0 Å². The molecular weight excluding hydrogens is 282 g/mol. The van der Waals surface area contributed by atoms with Crippen LogP contribution in [-0.2, 0) is 12.3 Å². The molecule has 20 heavy (non-hydrogen) atoms. The van der Waals surface area contributed by atoms with Gasteiger partial charge in [-0.05, 0) is 18.6 Å². The Morgan fingerprint density at radius 3 is 2.90 bits per heavy atom. The molecule has 0 bridgehead atoms. The van der Waals surface area contributed by atoms with Gasteiger partial charge in [-0.2, -0.15) is 8.78 Å². The second-order valence-electron chi connectivity index (χ2n) is 4.31. The van der Waals surface area contributed by atoms with Crippen LogP contribution in [0.4, 0.5) is 8.78 Å². The monoisotopic (exact) mass is 298 g/mol. The predicted octanol–water partition coefficient (Wildman–Crippen LogP) is 3.21. The summed E-state index contributed by atoms with van der Waals surface area (Å²) in [6, 6.07) is 5.92. The number of thiazole rings is 1. The fraction of sp³-hybridized carbons (Fsp3) is 0.357. The van der Waals surface area contributed by atoms with Crippen LogP contribution in [-0.4, -0.2) is 18.1 Å². The Labute approximate surface area is 120 Å². The lowest BCUT2D eigenvalue weighted by Gasteiger charge is -2.15. The van der Waals surface area contributed by atoms with Crippen LogP contribution in [0.2, 0.25) is 0 Å². The van der Waals surface area contributed by atoms with Crippen molar-refractivity contribution in [2.45, 2.75) is 18.8 Å². The number of aromatic nitrogens is 1. The average Bonchev–Trinajstić information content (AvgIpc) is 2.97. The molecular formula is C14H16F2N2OS. The summed E-state index contributed by atoms with van der Waals surface area (Å²) < 4.78 is 32.4. The van der Waals surface area contributed by atoms with Gasteiger partial charge in [0, 0.05) is 23.6 Å². The van der Waals surface area contributed by atoms with Gasteiger partial charge in [-0.25, -0.2) is 4.98 Å². The largest absolute Gasteiger partial charge is 0.494 e. The summed E-state index contributed by atoms with van der Waals surface area (Å²) in [4.78, 5) is 4.17. The van der Waals surface area contributed by atoms with E-state index in [1.54, 1.807) is 29.7 Å². The van der Waals surface area contributed by atoms with Crippen molar-refractivity contribution in [2.24, 2.45) is 5.73 Å². The van der Waals surface area contributed by atoms with Gasteiger partial charge in [0.1, 0.15) is 5.75 Å². The van der Waals surface area contributed by atoms with Crippen LogP contribution in [0.1, 0.15) is 17.0 Å². The van der Waals surface area contributed by atoms with Crippen molar-refractivity contribution in [3.05, 3.63) is 46.4 Å². The molecule has 0 radical (unpaired) electrons. The van der Waals surface area contributed by atoms with Gasteiger partial charge in [-0.1, -0.05) is 12.1 Å². The number of hydrogen-bond donors (Lipinski definition) is 1. The number of halogens is 2. The van der Waals surface area contributed by atoms with E-state index in [9.17, 15) is 8.78 Å². The molecule has 0 aliphatic rings. The van der Waals surface area contributed by atoms with E-state index in [-0.39, 0.29) is 5.56 Å². The highest BCUT2D eigenvalue weighted by atomic mass is 32.1. The number of hydrogen-bond acceptors (Lipinski definition) is 4. The third kappa shape index (κ3) is 3.98. The molecule has 0 saturated heterocycles. The fourth-order valence-corrected chi connectivity index (χ4v) is 2.38. The lowest BCUT2D eigenvalue weighted by Crippen LogP contribution is -2.25. The van der Waals surface area contributed by atoms with Crippen LogP contribution in [0.15, 0.2) is 35.8 Å². The Hall–Kier alpha value is -1.53. The molecule has 0 aliphatic carbocycles. The second-order valence-corrected chi connectivity index (χ2v) is 5.29. The first-order valence-electron chi connectivity index (χ1n) is 6.31. The van der Waals surface area contributed by atoms with Gasteiger partial charge >= 0.3 is 0 Å². The molecule has 3 nitrogen and oxygen atoms in total. The quantitative estimate of drug-likeness (QED) is 0.799. The first-order chi connectivity index (χ1) is 9.62. The highest BCUT2D eigenvalue weighted by Crippen LogP contribution is 2.29. The minimum atomic E-state index is -3.01. The van der Waals surface area contributed by atoms with E-state index in [0.717, 1.165) is 17.8 Å². The van der Waals surface area contributed by atoms with Gasteiger partial charge < -0.3 is 10.5 Å². The summed E-state index contributed by atoms with van der Waals surface area (Å²) in [5, 5.41) is 2.98. The van der Waals surface area contributed by atoms with Crippen LogP contribution in [0, 0.1) is 0 Å². The molecule has 1 aromatic heterocycles. The first-order valence-corrected chi connectivity index (χ1v) is 7.19. The van der Waals surface area contributed by atoms with Crippen LogP contribution in [0.3, 0.4) is 0 Å². The zero-order valence-electron chi connectivity index (χ0n) is 10.9. The molecule has 0 fully saturated rings. The zero-order chi connectivity index (χ0) is 14.4. The second kappa shape index (κ2) is 6.76. The summed E-state index contributed by atoms with van der Waals surface area (Å²) >= 11 is 1.60. The van der Waals surface area contributed by atoms with Crippen LogP contribution < -0.4 is 10.5 Å². The molecule has 0 unspecified atom stereocenters. The number of ether oxygens (including phenoxy) is 1. The molecule has 1 heterocycles. The van der Waals surface area contributed by atoms with Gasteiger partial charge in [0.25, 0.3) is 5.92 Å². The number of aryl methyl sites for hydroxylation is 1. The van der Waals surface area contributed by atoms with E-state index < -0.39 is 12.5 Å². The van der Waals surface area contributed by atoms with Crippen molar-refractivity contribution in [3.8, 4) is 5.75 Å². The molecule has 0 saturated carbocycles. The molecule has 0 spiro atoms. The van der Waals surface area contributed by atoms with Crippen LogP contribution >= 0.6 is 11.3 Å². The maximum Gasteiger partial charge on any atom is 0.285 e. The third-order valence-electron chi connectivity index (χ3n) is 2.80. The van der Waals surface area contributed by atoms with Crippen molar-refractivity contribution < 1.29 is 13.5 Å². The SMILES string of the molecule is NCC(F)(F)c1cccc(OCCCc2nccs2)c1. The van der Waals surface area contributed by atoms with E-state index in [4.69, 9.17) is 10.5 Å². The van der Waals surface area contributed by atoms with Crippen molar-refractivity contribution in [1.82, 2.24) is 4.98 Å². The Morgan fingerprint density at radius 1 is 1.35 bits per heavy atom. The third-order valence-corrected chi connectivity index (χ3v) is 3.64. The van der Waals surface area contributed by atoms with Crippen LogP contribution in [0.5, 0.6) is 5.75 Å². The van der Waals surface area contributed by atoms with Crippen molar-refractivity contribution >= 4 is 11.3 Å². The maximum absolute atomic E-state index is 13.5. The minimum Gasteiger partial charge on any atom is -0.494 e. The van der Waals surface area contributed by atoms with Crippen molar-refractivity contribution in [3.63, 3.8) is 0 Å². The number of nitrogens with zero attached hydrogens (tertiary/aromatic N) is 1. The normalized spacial score (nSPS) is 11.6. The molecule has 0 amide bonds. The molecule has 0 atom stereocenters. The van der Waals surface area contributed by atoms with Crippen molar-refractivity contribution in [2.75, 3.05) is 13.2 Å². The minimum absolute atomic E-state index is 0.113. The molecule has 0 aliphatic heterocycles. The summed E-state index contributed by atoms with van der Waals surface area (Å²) in [5.74, 6) is -2.57. The molecule has 2 aromatic rings. The topological polar surface area (TPSA) is 48.1 Å². The lowest BCUT2D eigenvalue weighted by atomic mass is 10.1. The average molecular weight is 298 g/mol. The van der Waals surface area contributed by atoms with Gasteiger partial charge in [0.05, 0.1) is 18.2 Å². The standard InChI is InChI=1S/C14H16F2N2OS/c15-14(16,10-17)11-3-1-4-12(9-11)19-7-2-5-13-18-6-8-20-13/h1,3-4,6,8-9H,2,5,7,10,17H2. The number of benzene rings is 1. The Morgan fingerprint density at radius 2 is 2.20 bits per heavy atom. The van der Waals surface area contributed by atoms with Crippen LogP contribution in [0.25, 0.3) is 0 Å². The van der Waals surface area contributed by atoms with Gasteiger partial charge in [-0.15, -0.1) is 11.3 Å². The number of rotatable bonds is 7. The summed E-state index contributed by atoms with van der Waals surface area (Å²) in [6.07, 6.45) is 3.39. The summed E-state index contributed by atoms with van der Waals surface area (Å²) in [5.41, 5.74) is 4.95. The van der Waals surface area contributed by atoms with Gasteiger partial charge in [0.2, 0.25) is 0 Å². The van der Waals surface area contributed by atoms with E-state index in [2.05, 4.69) is 4.98 Å². The molecule has 2 N–H and O–H groups in total. The smallest absolute Gasteiger partial charge is 0.285 e. The highest BCUT2D eigenvalue weighted by Gasteiger charge is 2.29. The summed E-state index contributed by atoms with van der Waals surface area (Å²) in [6.45, 7) is -0.238. The Bertz CT molecular complexity index is 532. The van der Waals surface area contributed by atoms with E-state index in [1.165, 1.54) is 12.1 Å². The molecule has 6 heteroatoms. The Kier molecular flexibility index (Phi) is 5.03. The highest BCUT2D eigenvalue weighted by molar-refractivity contribution is 7.09. The number of alkyl halides is 2. The Balaban J connectivity index is 1.85. The molecule has 1 aromatic carbocycles. The fourth-order valence-electron chi connectivity index (χ4n) is 1.72. The van der Waals surface area contributed by atoms with E-state index in [1.807, 2.05) is 5.38 Å². The molecule has 108 valence electrons. The summed E-state index contributed by atoms with van der Waals surface area (Å²) in [7, 11) is 0. The van der Waals surface area contributed by atoms with E-state index >= 15 is 0 Å². The van der Waals surface area contributed by atoms with E-state index in [0.29, 0.717) is 12.4 Å². The lowest BCUT2D eigenvalue weighted by molar-refractivity contribution is 0.00571. The number of nitrogens with two attached hydrogens (primary N) is 1. The maximum atomic E-state index is 13.5. The first kappa shape index (κ1) is 14.9.